The van der Waals surface area contributed by atoms with Gasteiger partial charge in [0.2, 0.25) is 5.91 Å². The number of carbonyl (C=O) groups excluding carboxylic acids is 1. The molecule has 0 bridgehead atoms. The normalized spacial score (nSPS) is 10.6. The van der Waals surface area contributed by atoms with Crippen LogP contribution in [-0.4, -0.2) is 51.5 Å². The van der Waals surface area contributed by atoms with E-state index in [-0.39, 0.29) is 5.91 Å². The monoisotopic (exact) mass is 382 g/mol. The average molecular weight is 382 g/mol. The summed E-state index contributed by atoms with van der Waals surface area (Å²) in [5.74, 6) is 1.13. The maximum atomic E-state index is 12.4. The minimum Gasteiger partial charge on any atom is -0.492 e. The Balaban J connectivity index is 1.49. The van der Waals surface area contributed by atoms with E-state index >= 15 is 0 Å². The summed E-state index contributed by atoms with van der Waals surface area (Å²) in [6, 6.07) is 17.7. The Labute approximate surface area is 163 Å². The second-order valence-electron chi connectivity index (χ2n) is 6.08. The standard InChI is InChI=1S/C20H22N4O2S/c1-16-8-10-17(11-9-16)24-15-21-22-20(24)27-14-19(25)23(2)12-13-26-18-6-4-3-5-7-18/h3-11,15H,12-14H2,1-2H3. The van der Waals surface area contributed by atoms with Crippen molar-refractivity contribution in [2.45, 2.75) is 12.1 Å². The molecule has 27 heavy (non-hydrogen) atoms. The predicted molar refractivity (Wildman–Crippen MR) is 106 cm³/mol. The van der Waals surface area contributed by atoms with Gasteiger partial charge in [-0.3, -0.25) is 9.36 Å². The van der Waals surface area contributed by atoms with Gasteiger partial charge in [0, 0.05) is 12.7 Å². The van der Waals surface area contributed by atoms with Gasteiger partial charge in [0.1, 0.15) is 18.7 Å². The van der Waals surface area contributed by atoms with Crippen LogP contribution in [0.25, 0.3) is 5.69 Å². The Kier molecular flexibility index (Phi) is 6.49. The van der Waals surface area contributed by atoms with Crippen LogP contribution in [0.4, 0.5) is 0 Å². The van der Waals surface area contributed by atoms with E-state index in [2.05, 4.69) is 10.2 Å². The molecule has 0 aliphatic carbocycles. The molecule has 0 saturated carbocycles. The van der Waals surface area contributed by atoms with Crippen LogP contribution in [0.2, 0.25) is 0 Å². The van der Waals surface area contributed by atoms with Crippen molar-refractivity contribution in [1.82, 2.24) is 19.7 Å². The molecule has 0 spiro atoms. The molecule has 0 N–H and O–H groups in total. The second kappa shape index (κ2) is 9.23. The number of thioether (sulfide) groups is 1. The maximum absolute atomic E-state index is 12.4. The van der Waals surface area contributed by atoms with Crippen LogP contribution < -0.4 is 4.74 Å². The summed E-state index contributed by atoms with van der Waals surface area (Å²) < 4.78 is 7.52. The van der Waals surface area contributed by atoms with Gasteiger partial charge in [-0.25, -0.2) is 0 Å². The number of benzene rings is 2. The Bertz CT molecular complexity index is 865. The molecule has 0 saturated heterocycles. The highest BCUT2D eigenvalue weighted by molar-refractivity contribution is 7.99. The van der Waals surface area contributed by atoms with Crippen molar-refractivity contribution in [2.24, 2.45) is 0 Å². The molecule has 0 radical (unpaired) electrons. The van der Waals surface area contributed by atoms with Crippen LogP contribution in [0.5, 0.6) is 5.75 Å². The van der Waals surface area contributed by atoms with E-state index in [0.717, 1.165) is 11.4 Å². The molecule has 2 aromatic carbocycles. The molecule has 7 heteroatoms. The van der Waals surface area contributed by atoms with E-state index in [9.17, 15) is 4.79 Å². The molecule has 0 unspecified atom stereocenters. The van der Waals surface area contributed by atoms with Crippen LogP contribution in [-0.2, 0) is 4.79 Å². The summed E-state index contributed by atoms with van der Waals surface area (Å²) in [4.78, 5) is 14.0. The van der Waals surface area contributed by atoms with Gasteiger partial charge in [0.25, 0.3) is 0 Å². The third-order valence-corrected chi connectivity index (χ3v) is 4.95. The van der Waals surface area contributed by atoms with E-state index in [1.807, 2.05) is 66.1 Å². The first kappa shape index (κ1) is 19.0. The Morgan fingerprint density at radius 1 is 1.15 bits per heavy atom. The number of aromatic nitrogens is 3. The highest BCUT2D eigenvalue weighted by Gasteiger charge is 2.13. The average Bonchev–Trinajstić information content (AvgIpc) is 3.16. The minimum atomic E-state index is 0.0233. The van der Waals surface area contributed by atoms with Crippen LogP contribution >= 0.6 is 11.8 Å². The number of likely N-dealkylation sites (N-methyl/N-ethyl adjacent to an activating group) is 1. The molecule has 0 atom stereocenters. The minimum absolute atomic E-state index is 0.0233. The SMILES string of the molecule is Cc1ccc(-n2cnnc2SCC(=O)N(C)CCOc2ccccc2)cc1. The van der Waals surface area contributed by atoms with Gasteiger partial charge < -0.3 is 9.64 Å². The number of para-hydroxylation sites is 1. The predicted octanol–water partition coefficient (Wildman–Crippen LogP) is 3.21. The fraction of sp³-hybridized carbons (Fsp3) is 0.250. The second-order valence-corrected chi connectivity index (χ2v) is 7.03. The molecule has 3 aromatic rings. The number of amides is 1. The summed E-state index contributed by atoms with van der Waals surface area (Å²) in [6.07, 6.45) is 1.66. The van der Waals surface area contributed by atoms with Gasteiger partial charge in [0.15, 0.2) is 5.16 Å². The number of hydrogen-bond donors (Lipinski definition) is 0. The largest absolute Gasteiger partial charge is 0.492 e. The summed E-state index contributed by atoms with van der Waals surface area (Å²) in [5.41, 5.74) is 2.17. The number of aryl methyl sites for hydroxylation is 1. The van der Waals surface area contributed by atoms with Crippen LogP contribution in [0.1, 0.15) is 5.56 Å². The van der Waals surface area contributed by atoms with E-state index in [4.69, 9.17) is 4.74 Å². The molecule has 0 aliphatic rings. The van der Waals surface area contributed by atoms with Crippen molar-refractivity contribution in [3.05, 3.63) is 66.5 Å². The van der Waals surface area contributed by atoms with Crippen LogP contribution in [0, 0.1) is 6.92 Å². The zero-order valence-electron chi connectivity index (χ0n) is 15.4. The summed E-state index contributed by atoms with van der Waals surface area (Å²) in [5, 5.41) is 8.80. The van der Waals surface area contributed by atoms with Crippen LogP contribution in [0.15, 0.2) is 66.1 Å². The maximum Gasteiger partial charge on any atom is 0.232 e. The summed E-state index contributed by atoms with van der Waals surface area (Å²) in [7, 11) is 1.78. The Morgan fingerprint density at radius 2 is 1.89 bits per heavy atom. The van der Waals surface area contributed by atoms with Gasteiger partial charge in [0.05, 0.1) is 12.3 Å². The van der Waals surface area contributed by atoms with Crippen molar-refractivity contribution in [3.63, 3.8) is 0 Å². The van der Waals surface area contributed by atoms with Gasteiger partial charge in [-0.15, -0.1) is 10.2 Å². The zero-order chi connectivity index (χ0) is 19.1. The first-order valence-corrected chi connectivity index (χ1v) is 9.64. The van der Waals surface area contributed by atoms with Gasteiger partial charge in [-0.2, -0.15) is 0 Å². The molecule has 1 heterocycles. The first-order chi connectivity index (χ1) is 13.1. The molecule has 140 valence electrons. The number of rotatable bonds is 8. The van der Waals surface area contributed by atoms with Crippen molar-refractivity contribution >= 4 is 17.7 Å². The number of ether oxygens (including phenoxy) is 1. The number of nitrogens with zero attached hydrogens (tertiary/aromatic N) is 4. The first-order valence-electron chi connectivity index (χ1n) is 8.65. The summed E-state index contributed by atoms with van der Waals surface area (Å²) in [6.45, 7) is 3.02. The summed E-state index contributed by atoms with van der Waals surface area (Å²) >= 11 is 1.38. The molecule has 1 amide bonds. The third kappa shape index (κ3) is 5.34. The quantitative estimate of drug-likeness (QED) is 0.560. The fourth-order valence-corrected chi connectivity index (χ4v) is 3.25. The number of hydrogen-bond acceptors (Lipinski definition) is 5. The van der Waals surface area contributed by atoms with E-state index < -0.39 is 0 Å². The van der Waals surface area contributed by atoms with Crippen molar-refractivity contribution in [2.75, 3.05) is 26.0 Å². The smallest absolute Gasteiger partial charge is 0.232 e. The lowest BCUT2D eigenvalue weighted by Crippen LogP contribution is -2.32. The molecule has 6 nitrogen and oxygen atoms in total. The lowest BCUT2D eigenvalue weighted by molar-refractivity contribution is -0.127. The molecular formula is C20H22N4O2S. The van der Waals surface area contributed by atoms with Crippen LogP contribution in [0.3, 0.4) is 0 Å². The Hall–Kier alpha value is -2.80. The molecule has 0 aliphatic heterocycles. The molecule has 3 rings (SSSR count). The van der Waals surface area contributed by atoms with Crippen molar-refractivity contribution in [3.8, 4) is 11.4 Å². The topological polar surface area (TPSA) is 60.2 Å². The van der Waals surface area contributed by atoms with Gasteiger partial charge in [-0.1, -0.05) is 47.7 Å². The molecule has 0 fully saturated rings. The van der Waals surface area contributed by atoms with Gasteiger partial charge >= 0.3 is 0 Å². The molecule has 1 aromatic heterocycles. The lowest BCUT2D eigenvalue weighted by atomic mass is 10.2. The Morgan fingerprint density at radius 3 is 2.63 bits per heavy atom. The van der Waals surface area contributed by atoms with Gasteiger partial charge in [-0.05, 0) is 31.2 Å². The highest BCUT2D eigenvalue weighted by Crippen LogP contribution is 2.20. The van der Waals surface area contributed by atoms with E-state index in [1.165, 1.54) is 17.3 Å². The third-order valence-electron chi connectivity index (χ3n) is 4.02. The van der Waals surface area contributed by atoms with Crippen molar-refractivity contribution < 1.29 is 9.53 Å². The fourth-order valence-electron chi connectivity index (χ4n) is 2.38. The van der Waals surface area contributed by atoms with E-state index in [1.54, 1.807) is 18.3 Å². The lowest BCUT2D eigenvalue weighted by Gasteiger charge is -2.17. The highest BCUT2D eigenvalue weighted by atomic mass is 32.2. The van der Waals surface area contributed by atoms with E-state index in [0.29, 0.717) is 24.1 Å². The van der Waals surface area contributed by atoms with Crippen molar-refractivity contribution in [1.29, 1.82) is 0 Å². The molecular weight excluding hydrogens is 360 g/mol. The zero-order valence-corrected chi connectivity index (χ0v) is 16.2. The number of carbonyl (C=O) groups is 1.